The molecule has 0 unspecified atom stereocenters. The fourth-order valence-electron chi connectivity index (χ4n) is 10.1. The zero-order valence-corrected chi connectivity index (χ0v) is 39.4. The molecule has 10 rings (SSSR count). The monoisotopic (exact) mass is 880 g/mol. The summed E-state index contributed by atoms with van der Waals surface area (Å²) in [5, 5.41) is 7.93. The predicted molar refractivity (Wildman–Crippen MR) is 259 cm³/mol. The summed E-state index contributed by atoms with van der Waals surface area (Å²) in [4.78, 5) is 5.19. The van der Waals surface area contributed by atoms with Crippen molar-refractivity contribution in [3.8, 4) is 0 Å². The summed E-state index contributed by atoms with van der Waals surface area (Å²) in [5.41, 5.74) is 13.7. The van der Waals surface area contributed by atoms with Gasteiger partial charge in [-0.25, -0.2) is 0 Å². The molecule has 0 aliphatic heterocycles. The van der Waals surface area contributed by atoms with Crippen LogP contribution in [0.3, 0.4) is 0 Å². The standard InChI is InChI=1S/C54H56Ge2N2/c1-55(2,3)41-25-29-43(30-26-41)57(49-19-11-15-37-13-7-9-17-45(37)49)51-35-23-39-22-34-48-52(36-24-40-21-33-47(51)53(39)54(40)48)58(44-31-27-42(28-32-44)56(4,5)6)50-20-12-16-38-14-8-10-18-46(38)50/h11-12,15-16,19-36H,7-10,13-14,17-18H2,1-6H3. The topological polar surface area (TPSA) is 6.48 Å². The van der Waals surface area contributed by atoms with E-state index in [-0.39, 0.29) is 0 Å². The van der Waals surface area contributed by atoms with E-state index in [0.29, 0.717) is 0 Å². The molecular weight excluding hydrogens is 822 g/mol. The van der Waals surface area contributed by atoms with E-state index in [1.807, 2.05) is 0 Å². The summed E-state index contributed by atoms with van der Waals surface area (Å²) in [6, 6.07) is 52.5. The number of fused-ring (bicyclic) bond motifs is 2. The fourth-order valence-corrected chi connectivity index (χ4v) is 15.0. The Labute approximate surface area is 351 Å². The van der Waals surface area contributed by atoms with Crippen LogP contribution < -0.4 is 18.6 Å². The van der Waals surface area contributed by atoms with E-state index < -0.39 is 26.5 Å². The first-order valence-electron chi connectivity index (χ1n) is 21.8. The van der Waals surface area contributed by atoms with Crippen LogP contribution >= 0.6 is 0 Å². The Bertz CT molecular complexity index is 2610. The Balaban J connectivity index is 1.22. The van der Waals surface area contributed by atoms with Gasteiger partial charge in [0, 0.05) is 0 Å². The molecular formula is C54H56Ge2N2. The zero-order valence-electron chi connectivity index (χ0n) is 35.3. The van der Waals surface area contributed by atoms with Crippen LogP contribution in [0, 0.1) is 0 Å². The second-order valence-corrected chi connectivity index (χ2v) is 40.4. The fraction of sp³-hybridized carbons (Fsp3) is 0.259. The zero-order chi connectivity index (χ0) is 39.8. The number of aryl methyl sites for hydroxylation is 2. The van der Waals surface area contributed by atoms with Crippen molar-refractivity contribution < 1.29 is 0 Å². The molecule has 2 aliphatic carbocycles. The molecule has 290 valence electrons. The summed E-state index contributed by atoms with van der Waals surface area (Å²) in [7, 11) is 0. The molecule has 0 saturated carbocycles. The number of benzene rings is 8. The molecule has 0 saturated heterocycles. The first-order valence-corrected chi connectivity index (χ1v) is 36.5. The molecule has 2 aliphatic rings. The normalized spacial score (nSPS) is 14.5. The summed E-state index contributed by atoms with van der Waals surface area (Å²) in [6.07, 6.45) is 9.63. The number of hydrogen-bond acceptors (Lipinski definition) is 2. The number of nitrogens with zero attached hydrogens (tertiary/aromatic N) is 2. The first-order chi connectivity index (χ1) is 28.0. The molecule has 0 radical (unpaired) electrons. The summed E-state index contributed by atoms with van der Waals surface area (Å²) >= 11 is -4.02. The average Bonchev–Trinajstić information content (AvgIpc) is 3.23. The first kappa shape index (κ1) is 37.7. The van der Waals surface area contributed by atoms with Crippen molar-refractivity contribution >= 4 is 102 Å². The molecule has 2 nitrogen and oxygen atoms in total. The molecule has 8 aromatic carbocycles. The van der Waals surface area contributed by atoms with Crippen LogP contribution in [0.25, 0.3) is 32.3 Å². The summed E-state index contributed by atoms with van der Waals surface area (Å²) in [5.74, 6) is 15.0. The summed E-state index contributed by atoms with van der Waals surface area (Å²) < 4.78 is 3.09. The Morgan fingerprint density at radius 2 is 0.741 bits per heavy atom. The number of anilines is 6. The van der Waals surface area contributed by atoms with Crippen LogP contribution in [0.4, 0.5) is 34.1 Å². The number of rotatable bonds is 8. The number of hydrogen-bond donors (Lipinski definition) is 0. The molecule has 0 fully saturated rings. The maximum absolute atomic E-state index is 2.60. The van der Waals surface area contributed by atoms with Gasteiger partial charge in [0.25, 0.3) is 0 Å². The van der Waals surface area contributed by atoms with Gasteiger partial charge < -0.3 is 0 Å². The van der Waals surface area contributed by atoms with Gasteiger partial charge in [-0.15, -0.1) is 0 Å². The van der Waals surface area contributed by atoms with Gasteiger partial charge in [0.15, 0.2) is 0 Å². The minimum absolute atomic E-state index is 1.13. The molecule has 0 aromatic heterocycles. The molecule has 0 bridgehead atoms. The second-order valence-electron chi connectivity index (χ2n) is 19.1. The van der Waals surface area contributed by atoms with E-state index in [2.05, 4.69) is 178 Å². The van der Waals surface area contributed by atoms with Gasteiger partial charge in [-0.3, -0.25) is 0 Å². The van der Waals surface area contributed by atoms with E-state index in [4.69, 9.17) is 0 Å². The van der Waals surface area contributed by atoms with Gasteiger partial charge in [0.05, 0.1) is 0 Å². The van der Waals surface area contributed by atoms with Crippen molar-refractivity contribution in [1.82, 2.24) is 0 Å². The SMILES string of the molecule is [CH3][Ge]([CH3])([CH3])[c]1ccc(N(c2cccc3c2CCCC3)c2ccc3ccc4c(N(c5cc[c]([Ge]([CH3])([CH3])[CH3])cc5)c5cccc6c5CCCC6)ccc5ccc2c3c54)cc1. The van der Waals surface area contributed by atoms with E-state index in [0.717, 1.165) is 25.7 Å². The van der Waals surface area contributed by atoms with Gasteiger partial charge in [-0.2, -0.15) is 0 Å². The van der Waals surface area contributed by atoms with Crippen molar-refractivity contribution in [2.45, 2.75) is 85.9 Å². The van der Waals surface area contributed by atoms with E-state index in [1.54, 1.807) is 8.79 Å². The van der Waals surface area contributed by atoms with Gasteiger partial charge in [0.2, 0.25) is 0 Å². The Morgan fingerprint density at radius 3 is 1.14 bits per heavy atom. The molecule has 0 heterocycles. The molecule has 0 atom stereocenters. The Morgan fingerprint density at radius 1 is 0.362 bits per heavy atom. The predicted octanol–water partition coefficient (Wildman–Crippen LogP) is 14.4. The van der Waals surface area contributed by atoms with E-state index in [1.165, 1.54) is 114 Å². The second kappa shape index (κ2) is 14.6. The van der Waals surface area contributed by atoms with Crippen molar-refractivity contribution in [2.24, 2.45) is 0 Å². The van der Waals surface area contributed by atoms with Crippen LogP contribution in [0.1, 0.15) is 47.9 Å². The quantitative estimate of drug-likeness (QED) is 0.111. The van der Waals surface area contributed by atoms with Gasteiger partial charge in [-0.05, 0) is 0 Å². The van der Waals surface area contributed by atoms with Gasteiger partial charge >= 0.3 is 353 Å². The van der Waals surface area contributed by atoms with Crippen molar-refractivity contribution in [1.29, 1.82) is 0 Å². The van der Waals surface area contributed by atoms with Crippen LogP contribution in [0.2, 0.25) is 34.5 Å². The van der Waals surface area contributed by atoms with Crippen molar-refractivity contribution in [3.05, 3.63) is 156 Å². The van der Waals surface area contributed by atoms with Crippen LogP contribution in [0.15, 0.2) is 133 Å². The third-order valence-corrected chi connectivity index (χ3v) is 22.0. The van der Waals surface area contributed by atoms with Crippen LogP contribution in [0.5, 0.6) is 0 Å². The van der Waals surface area contributed by atoms with E-state index in [9.17, 15) is 0 Å². The van der Waals surface area contributed by atoms with E-state index >= 15 is 0 Å². The van der Waals surface area contributed by atoms with Gasteiger partial charge in [0.1, 0.15) is 0 Å². The average molecular weight is 878 g/mol. The molecule has 0 spiro atoms. The maximum atomic E-state index is 2.60. The van der Waals surface area contributed by atoms with Gasteiger partial charge in [-0.1, -0.05) is 0 Å². The molecule has 0 N–H and O–H groups in total. The molecule has 58 heavy (non-hydrogen) atoms. The third kappa shape index (κ3) is 6.56. The molecule has 4 heteroatoms. The van der Waals surface area contributed by atoms with Crippen LogP contribution in [-0.4, -0.2) is 26.5 Å². The summed E-state index contributed by atoms with van der Waals surface area (Å²) in [6.45, 7) is 0. The van der Waals surface area contributed by atoms with Crippen molar-refractivity contribution in [2.75, 3.05) is 9.80 Å². The minimum atomic E-state index is -2.01. The van der Waals surface area contributed by atoms with Crippen molar-refractivity contribution in [3.63, 3.8) is 0 Å². The third-order valence-electron chi connectivity index (χ3n) is 13.3. The Hall–Kier alpha value is -4.51. The molecule has 8 aromatic rings. The Kier molecular flexibility index (Phi) is 9.52. The van der Waals surface area contributed by atoms with Crippen LogP contribution in [-0.2, 0) is 25.7 Å². The molecule has 0 amide bonds.